The van der Waals surface area contributed by atoms with Gasteiger partial charge < -0.3 is 9.47 Å². The zero-order valence-corrected chi connectivity index (χ0v) is 7.72. The molecule has 0 N–H and O–H groups in total. The van der Waals surface area contributed by atoms with Crippen LogP contribution in [0.4, 0.5) is 0 Å². The van der Waals surface area contributed by atoms with E-state index in [0.29, 0.717) is 5.92 Å². The molecule has 1 heterocycles. The van der Waals surface area contributed by atoms with Crippen molar-refractivity contribution in [3.05, 3.63) is 0 Å². The van der Waals surface area contributed by atoms with E-state index in [4.69, 9.17) is 9.47 Å². The topological polar surface area (TPSA) is 18.5 Å². The molecule has 0 saturated carbocycles. The summed E-state index contributed by atoms with van der Waals surface area (Å²) in [6.07, 6.45) is 1.13. The zero-order valence-electron chi connectivity index (χ0n) is 7.72. The standard InChI is InChI=1S/C9H18O2/c1-4-10-6-8-5-9(2,3)11-7-8/h8H,4-7H2,1-3H3. The molecule has 1 aliphatic rings. The molecular formula is C9H18O2. The van der Waals surface area contributed by atoms with Crippen LogP contribution in [0.25, 0.3) is 0 Å². The fraction of sp³-hybridized carbons (Fsp3) is 1.00. The summed E-state index contributed by atoms with van der Waals surface area (Å²) in [6, 6.07) is 0. The predicted molar refractivity (Wildman–Crippen MR) is 44.6 cm³/mol. The Hall–Kier alpha value is -0.0800. The first-order valence-electron chi connectivity index (χ1n) is 4.36. The maximum Gasteiger partial charge on any atom is 0.0631 e. The number of hydrogen-bond acceptors (Lipinski definition) is 2. The van der Waals surface area contributed by atoms with Crippen molar-refractivity contribution in [1.29, 1.82) is 0 Å². The molecule has 2 heteroatoms. The van der Waals surface area contributed by atoms with Crippen LogP contribution in [0.3, 0.4) is 0 Å². The van der Waals surface area contributed by atoms with Gasteiger partial charge in [0, 0.05) is 12.5 Å². The molecule has 0 aromatic rings. The fourth-order valence-corrected chi connectivity index (χ4v) is 1.55. The van der Waals surface area contributed by atoms with Crippen LogP contribution < -0.4 is 0 Å². The smallest absolute Gasteiger partial charge is 0.0631 e. The molecular weight excluding hydrogens is 140 g/mol. The highest BCUT2D eigenvalue weighted by molar-refractivity contribution is 4.80. The maximum atomic E-state index is 5.57. The number of rotatable bonds is 3. The predicted octanol–water partition coefficient (Wildman–Crippen LogP) is 1.84. The Morgan fingerprint density at radius 1 is 1.55 bits per heavy atom. The summed E-state index contributed by atoms with van der Waals surface area (Å²) in [5.41, 5.74) is 0.0851. The van der Waals surface area contributed by atoms with Gasteiger partial charge in [0.15, 0.2) is 0 Å². The maximum absolute atomic E-state index is 5.57. The minimum absolute atomic E-state index is 0.0851. The quantitative estimate of drug-likeness (QED) is 0.624. The highest BCUT2D eigenvalue weighted by Crippen LogP contribution is 2.28. The Bertz CT molecular complexity index is 121. The Labute approximate surface area is 68.9 Å². The normalized spacial score (nSPS) is 29.2. The van der Waals surface area contributed by atoms with Gasteiger partial charge in [-0.3, -0.25) is 0 Å². The average Bonchev–Trinajstić information content (AvgIpc) is 2.26. The second-order valence-corrected chi connectivity index (χ2v) is 3.80. The van der Waals surface area contributed by atoms with Crippen LogP contribution in [0, 0.1) is 5.92 Å². The first-order valence-corrected chi connectivity index (χ1v) is 4.36. The minimum Gasteiger partial charge on any atom is -0.381 e. The van der Waals surface area contributed by atoms with Crippen molar-refractivity contribution in [2.45, 2.75) is 32.8 Å². The van der Waals surface area contributed by atoms with Crippen LogP contribution in [0.5, 0.6) is 0 Å². The van der Waals surface area contributed by atoms with E-state index in [2.05, 4.69) is 13.8 Å². The largest absolute Gasteiger partial charge is 0.381 e. The van der Waals surface area contributed by atoms with Crippen molar-refractivity contribution >= 4 is 0 Å². The molecule has 1 unspecified atom stereocenters. The molecule has 1 saturated heterocycles. The van der Waals surface area contributed by atoms with Crippen LogP contribution in [0.2, 0.25) is 0 Å². The zero-order chi connectivity index (χ0) is 8.32. The van der Waals surface area contributed by atoms with E-state index in [9.17, 15) is 0 Å². The van der Waals surface area contributed by atoms with E-state index >= 15 is 0 Å². The lowest BCUT2D eigenvalue weighted by Crippen LogP contribution is -2.17. The van der Waals surface area contributed by atoms with Crippen molar-refractivity contribution in [2.75, 3.05) is 19.8 Å². The van der Waals surface area contributed by atoms with Crippen LogP contribution in [0.15, 0.2) is 0 Å². The van der Waals surface area contributed by atoms with Gasteiger partial charge in [0.25, 0.3) is 0 Å². The summed E-state index contributed by atoms with van der Waals surface area (Å²) < 4.78 is 10.9. The summed E-state index contributed by atoms with van der Waals surface area (Å²) in [4.78, 5) is 0. The van der Waals surface area contributed by atoms with Crippen molar-refractivity contribution in [3.8, 4) is 0 Å². The van der Waals surface area contributed by atoms with Crippen LogP contribution in [-0.4, -0.2) is 25.4 Å². The molecule has 1 rings (SSSR count). The van der Waals surface area contributed by atoms with Gasteiger partial charge >= 0.3 is 0 Å². The van der Waals surface area contributed by atoms with E-state index in [1.165, 1.54) is 0 Å². The molecule has 0 radical (unpaired) electrons. The molecule has 0 aromatic heterocycles. The van der Waals surface area contributed by atoms with Crippen LogP contribution in [0.1, 0.15) is 27.2 Å². The molecule has 0 amide bonds. The third kappa shape index (κ3) is 2.80. The van der Waals surface area contributed by atoms with E-state index in [0.717, 1.165) is 26.2 Å². The first-order chi connectivity index (χ1) is 5.14. The van der Waals surface area contributed by atoms with Gasteiger partial charge in [0.05, 0.1) is 18.8 Å². The van der Waals surface area contributed by atoms with Gasteiger partial charge in [0.1, 0.15) is 0 Å². The fourth-order valence-electron chi connectivity index (χ4n) is 1.55. The van der Waals surface area contributed by atoms with Crippen molar-refractivity contribution in [3.63, 3.8) is 0 Å². The second kappa shape index (κ2) is 3.55. The highest BCUT2D eigenvalue weighted by Gasteiger charge is 2.31. The van der Waals surface area contributed by atoms with Crippen molar-refractivity contribution < 1.29 is 9.47 Å². The average molecular weight is 158 g/mol. The molecule has 1 fully saturated rings. The SMILES string of the molecule is CCOCC1COC(C)(C)C1. The molecule has 1 atom stereocenters. The summed E-state index contributed by atoms with van der Waals surface area (Å²) in [6.45, 7) is 8.85. The molecule has 2 nitrogen and oxygen atoms in total. The van der Waals surface area contributed by atoms with E-state index in [-0.39, 0.29) is 5.60 Å². The summed E-state index contributed by atoms with van der Waals surface area (Å²) >= 11 is 0. The third-order valence-electron chi connectivity index (χ3n) is 2.05. The van der Waals surface area contributed by atoms with E-state index in [1.54, 1.807) is 0 Å². The van der Waals surface area contributed by atoms with E-state index in [1.807, 2.05) is 6.92 Å². The molecule has 0 aliphatic carbocycles. The third-order valence-corrected chi connectivity index (χ3v) is 2.05. The van der Waals surface area contributed by atoms with Gasteiger partial charge in [-0.15, -0.1) is 0 Å². The molecule has 0 bridgehead atoms. The van der Waals surface area contributed by atoms with Crippen molar-refractivity contribution in [2.24, 2.45) is 5.92 Å². The summed E-state index contributed by atoms with van der Waals surface area (Å²) in [5.74, 6) is 0.616. The lowest BCUT2D eigenvalue weighted by atomic mass is 9.99. The molecule has 66 valence electrons. The minimum atomic E-state index is 0.0851. The molecule has 0 aromatic carbocycles. The first kappa shape index (κ1) is 9.01. The Balaban J connectivity index is 2.20. The van der Waals surface area contributed by atoms with Gasteiger partial charge in [-0.05, 0) is 27.2 Å². The number of hydrogen-bond donors (Lipinski definition) is 0. The Morgan fingerprint density at radius 2 is 2.27 bits per heavy atom. The molecule has 11 heavy (non-hydrogen) atoms. The summed E-state index contributed by atoms with van der Waals surface area (Å²) in [5, 5.41) is 0. The van der Waals surface area contributed by atoms with Crippen LogP contribution in [-0.2, 0) is 9.47 Å². The van der Waals surface area contributed by atoms with Gasteiger partial charge in [-0.1, -0.05) is 0 Å². The van der Waals surface area contributed by atoms with Gasteiger partial charge in [-0.25, -0.2) is 0 Å². The lowest BCUT2D eigenvalue weighted by Gasteiger charge is -2.15. The van der Waals surface area contributed by atoms with Gasteiger partial charge in [-0.2, -0.15) is 0 Å². The lowest BCUT2D eigenvalue weighted by molar-refractivity contribution is 0.0317. The van der Waals surface area contributed by atoms with Crippen molar-refractivity contribution in [1.82, 2.24) is 0 Å². The number of ether oxygens (including phenoxy) is 2. The van der Waals surface area contributed by atoms with E-state index < -0.39 is 0 Å². The molecule has 1 aliphatic heterocycles. The van der Waals surface area contributed by atoms with Crippen LogP contribution >= 0.6 is 0 Å². The van der Waals surface area contributed by atoms with Gasteiger partial charge in [0.2, 0.25) is 0 Å². The molecule has 0 spiro atoms. The monoisotopic (exact) mass is 158 g/mol. The Morgan fingerprint density at radius 3 is 2.73 bits per heavy atom. The second-order valence-electron chi connectivity index (χ2n) is 3.80. The highest BCUT2D eigenvalue weighted by atomic mass is 16.5. The summed E-state index contributed by atoms with van der Waals surface area (Å²) in [7, 11) is 0. The Kier molecular flexibility index (Phi) is 2.90.